The highest BCUT2D eigenvalue weighted by atomic mass is 35.5. The highest BCUT2D eigenvalue weighted by molar-refractivity contribution is 6.34. The third kappa shape index (κ3) is 2.62. The molecule has 0 aliphatic carbocycles. The van der Waals surface area contributed by atoms with Crippen LogP contribution in [0.5, 0.6) is 0 Å². The molecule has 18 heavy (non-hydrogen) atoms. The number of ketones is 1. The van der Waals surface area contributed by atoms with Crippen molar-refractivity contribution < 1.29 is 4.79 Å². The second kappa shape index (κ2) is 4.94. The van der Waals surface area contributed by atoms with E-state index in [0.29, 0.717) is 17.0 Å². The first-order valence-electron chi connectivity index (χ1n) is 5.76. The van der Waals surface area contributed by atoms with Crippen molar-refractivity contribution in [2.24, 2.45) is 7.05 Å². The van der Waals surface area contributed by atoms with Crippen LogP contribution in [-0.2, 0) is 13.5 Å². The molecule has 0 aliphatic rings. The number of Topliss-reactive ketones (excluding diaryl/α,β-unsaturated/α-hetero) is 1. The van der Waals surface area contributed by atoms with Crippen LogP contribution in [0.25, 0.3) is 0 Å². The molecule has 1 heterocycles. The minimum absolute atomic E-state index is 0.0167. The van der Waals surface area contributed by atoms with Gasteiger partial charge in [0, 0.05) is 18.3 Å². The SMILES string of the molecule is Cc1ccc(C(=O)Cc2cc(C)nn2C)c(Cl)c1. The van der Waals surface area contributed by atoms with Gasteiger partial charge >= 0.3 is 0 Å². The Morgan fingerprint density at radius 3 is 2.61 bits per heavy atom. The summed E-state index contributed by atoms with van der Waals surface area (Å²) in [7, 11) is 1.84. The lowest BCUT2D eigenvalue weighted by Crippen LogP contribution is -2.08. The van der Waals surface area contributed by atoms with Gasteiger partial charge in [0.15, 0.2) is 5.78 Å². The number of halogens is 1. The molecule has 0 unspecified atom stereocenters. The van der Waals surface area contributed by atoms with E-state index in [1.54, 1.807) is 10.7 Å². The normalized spacial score (nSPS) is 10.7. The Hall–Kier alpha value is -1.61. The van der Waals surface area contributed by atoms with Gasteiger partial charge in [-0.2, -0.15) is 5.10 Å². The van der Waals surface area contributed by atoms with Crippen molar-refractivity contribution in [3.05, 3.63) is 51.8 Å². The lowest BCUT2D eigenvalue weighted by molar-refractivity contribution is 0.0991. The fourth-order valence-electron chi connectivity index (χ4n) is 1.94. The summed E-state index contributed by atoms with van der Waals surface area (Å²) in [6.07, 6.45) is 0.320. The number of benzene rings is 1. The van der Waals surface area contributed by atoms with Gasteiger partial charge in [0.2, 0.25) is 0 Å². The van der Waals surface area contributed by atoms with E-state index < -0.39 is 0 Å². The molecule has 2 aromatic rings. The molecule has 0 saturated heterocycles. The van der Waals surface area contributed by atoms with Crippen molar-refractivity contribution in [1.29, 1.82) is 0 Å². The third-order valence-electron chi connectivity index (χ3n) is 2.87. The summed E-state index contributed by atoms with van der Waals surface area (Å²) < 4.78 is 1.73. The first kappa shape index (κ1) is 12.8. The van der Waals surface area contributed by atoms with Crippen LogP contribution in [0, 0.1) is 13.8 Å². The number of rotatable bonds is 3. The highest BCUT2D eigenvalue weighted by Gasteiger charge is 2.13. The summed E-state index contributed by atoms with van der Waals surface area (Å²) >= 11 is 6.09. The molecule has 4 heteroatoms. The highest BCUT2D eigenvalue weighted by Crippen LogP contribution is 2.19. The zero-order chi connectivity index (χ0) is 13.3. The molecule has 1 aromatic carbocycles. The maximum atomic E-state index is 12.2. The summed E-state index contributed by atoms with van der Waals surface area (Å²) in [6, 6.07) is 7.40. The van der Waals surface area contributed by atoms with Crippen molar-refractivity contribution in [2.75, 3.05) is 0 Å². The standard InChI is InChI=1S/C14H15ClN2O/c1-9-4-5-12(13(15)6-9)14(18)8-11-7-10(2)16-17(11)3/h4-7H,8H2,1-3H3. The van der Waals surface area contributed by atoms with Gasteiger partial charge in [0.1, 0.15) is 0 Å². The summed E-state index contributed by atoms with van der Waals surface area (Å²) in [5.74, 6) is 0.0167. The molecule has 94 valence electrons. The maximum Gasteiger partial charge on any atom is 0.170 e. The van der Waals surface area contributed by atoms with E-state index in [4.69, 9.17) is 11.6 Å². The van der Waals surface area contributed by atoms with Crippen molar-refractivity contribution in [3.63, 3.8) is 0 Å². The van der Waals surface area contributed by atoms with Crippen LogP contribution in [0.3, 0.4) is 0 Å². The van der Waals surface area contributed by atoms with E-state index in [-0.39, 0.29) is 5.78 Å². The van der Waals surface area contributed by atoms with Gasteiger partial charge in [-0.1, -0.05) is 17.7 Å². The van der Waals surface area contributed by atoms with Crippen molar-refractivity contribution >= 4 is 17.4 Å². The molecular weight excluding hydrogens is 248 g/mol. The number of carbonyl (C=O) groups is 1. The average molecular weight is 263 g/mol. The largest absolute Gasteiger partial charge is 0.294 e. The first-order chi connectivity index (χ1) is 8.47. The smallest absolute Gasteiger partial charge is 0.170 e. The van der Waals surface area contributed by atoms with E-state index in [1.165, 1.54) is 0 Å². The summed E-state index contributed by atoms with van der Waals surface area (Å²) in [6.45, 7) is 3.86. The molecule has 0 saturated carbocycles. The van der Waals surface area contributed by atoms with Crippen LogP contribution in [0.1, 0.15) is 27.3 Å². The summed E-state index contributed by atoms with van der Waals surface area (Å²) in [5, 5.41) is 4.74. The molecular formula is C14H15ClN2O. The Morgan fingerprint density at radius 2 is 2.06 bits per heavy atom. The van der Waals surface area contributed by atoms with Crippen LogP contribution in [0.4, 0.5) is 0 Å². The minimum atomic E-state index is 0.0167. The average Bonchev–Trinajstić information content (AvgIpc) is 2.57. The number of carbonyl (C=O) groups excluding carboxylic acids is 1. The molecule has 0 aliphatic heterocycles. The van der Waals surface area contributed by atoms with Gasteiger partial charge in [-0.15, -0.1) is 0 Å². The topological polar surface area (TPSA) is 34.9 Å². The second-order valence-electron chi connectivity index (χ2n) is 4.48. The Kier molecular flexibility index (Phi) is 3.53. The molecule has 0 radical (unpaired) electrons. The van der Waals surface area contributed by atoms with Gasteiger partial charge in [-0.05, 0) is 37.6 Å². The molecule has 0 N–H and O–H groups in total. The fourth-order valence-corrected chi connectivity index (χ4v) is 2.28. The van der Waals surface area contributed by atoms with E-state index in [2.05, 4.69) is 5.10 Å². The van der Waals surface area contributed by atoms with Crippen LogP contribution in [-0.4, -0.2) is 15.6 Å². The van der Waals surface area contributed by atoms with Crippen LogP contribution in [0.15, 0.2) is 24.3 Å². The molecule has 0 fully saturated rings. The van der Waals surface area contributed by atoms with Gasteiger partial charge < -0.3 is 0 Å². The molecule has 0 atom stereocenters. The number of hydrogen-bond donors (Lipinski definition) is 0. The van der Waals surface area contributed by atoms with E-state index in [9.17, 15) is 4.79 Å². The minimum Gasteiger partial charge on any atom is -0.294 e. The molecule has 0 amide bonds. The molecule has 0 bridgehead atoms. The van der Waals surface area contributed by atoms with Crippen LogP contribution < -0.4 is 0 Å². The zero-order valence-corrected chi connectivity index (χ0v) is 11.5. The molecule has 3 nitrogen and oxygen atoms in total. The van der Waals surface area contributed by atoms with Gasteiger partial charge in [0.25, 0.3) is 0 Å². The van der Waals surface area contributed by atoms with Gasteiger partial charge in [-0.25, -0.2) is 0 Å². The monoisotopic (exact) mass is 262 g/mol. The number of aromatic nitrogens is 2. The predicted octanol–water partition coefficient (Wildman–Crippen LogP) is 3.12. The van der Waals surface area contributed by atoms with Gasteiger partial charge in [-0.3, -0.25) is 9.48 Å². The fraction of sp³-hybridized carbons (Fsp3) is 0.286. The second-order valence-corrected chi connectivity index (χ2v) is 4.89. The summed E-state index contributed by atoms with van der Waals surface area (Å²) in [4.78, 5) is 12.2. The lowest BCUT2D eigenvalue weighted by atomic mass is 10.0. The molecule has 0 spiro atoms. The molecule has 2 rings (SSSR count). The first-order valence-corrected chi connectivity index (χ1v) is 6.14. The quantitative estimate of drug-likeness (QED) is 0.797. The van der Waals surface area contributed by atoms with E-state index in [0.717, 1.165) is 17.0 Å². The van der Waals surface area contributed by atoms with E-state index in [1.807, 2.05) is 39.1 Å². The van der Waals surface area contributed by atoms with Crippen molar-refractivity contribution in [2.45, 2.75) is 20.3 Å². The van der Waals surface area contributed by atoms with Gasteiger partial charge in [0.05, 0.1) is 17.1 Å². The third-order valence-corrected chi connectivity index (χ3v) is 3.18. The Balaban J connectivity index is 2.24. The molecule has 1 aromatic heterocycles. The Morgan fingerprint density at radius 1 is 1.33 bits per heavy atom. The summed E-state index contributed by atoms with van der Waals surface area (Å²) in [5.41, 5.74) is 3.43. The van der Waals surface area contributed by atoms with Crippen LogP contribution in [0.2, 0.25) is 5.02 Å². The number of nitrogens with zero attached hydrogens (tertiary/aromatic N) is 2. The van der Waals surface area contributed by atoms with Crippen LogP contribution >= 0.6 is 11.6 Å². The number of hydrogen-bond acceptors (Lipinski definition) is 2. The lowest BCUT2D eigenvalue weighted by Gasteiger charge is -2.05. The Bertz CT molecular complexity index is 602. The predicted molar refractivity (Wildman–Crippen MR) is 72.2 cm³/mol. The Labute approximate surface area is 111 Å². The van der Waals surface area contributed by atoms with E-state index >= 15 is 0 Å². The maximum absolute atomic E-state index is 12.2. The number of aryl methyl sites for hydroxylation is 3. The van der Waals surface area contributed by atoms with Crippen molar-refractivity contribution in [3.8, 4) is 0 Å². The zero-order valence-electron chi connectivity index (χ0n) is 10.7. The van der Waals surface area contributed by atoms with Crippen molar-refractivity contribution in [1.82, 2.24) is 9.78 Å².